The first kappa shape index (κ1) is 16.3. The van der Waals surface area contributed by atoms with E-state index in [1.807, 2.05) is 0 Å². The molecule has 1 N–H and O–H groups in total. The zero-order valence-corrected chi connectivity index (χ0v) is 12.5. The third kappa shape index (κ3) is 4.22. The fourth-order valence-corrected chi connectivity index (χ4v) is 1.67. The van der Waals surface area contributed by atoms with Gasteiger partial charge in [-0.2, -0.15) is 0 Å². The fourth-order valence-electron chi connectivity index (χ4n) is 1.67. The number of hydrogen-bond acceptors (Lipinski definition) is 7. The maximum atomic E-state index is 11.8. The first-order chi connectivity index (χ1) is 11.0. The maximum absolute atomic E-state index is 11.8. The van der Waals surface area contributed by atoms with Crippen molar-refractivity contribution in [3.63, 3.8) is 0 Å². The van der Waals surface area contributed by atoms with E-state index in [1.54, 1.807) is 6.07 Å². The first-order valence-electron chi connectivity index (χ1n) is 6.69. The minimum atomic E-state index is -0.873. The van der Waals surface area contributed by atoms with Gasteiger partial charge in [0.15, 0.2) is 5.76 Å². The number of furan rings is 2. The van der Waals surface area contributed by atoms with Crippen molar-refractivity contribution in [2.45, 2.75) is 19.6 Å². The van der Waals surface area contributed by atoms with Crippen molar-refractivity contribution in [1.29, 1.82) is 0 Å². The van der Waals surface area contributed by atoms with Gasteiger partial charge in [-0.15, -0.1) is 0 Å². The van der Waals surface area contributed by atoms with E-state index in [9.17, 15) is 14.4 Å². The normalized spacial score (nSPS) is 11.6. The van der Waals surface area contributed by atoms with Crippen LogP contribution in [0.3, 0.4) is 0 Å². The summed E-state index contributed by atoms with van der Waals surface area (Å²) in [5.41, 5.74) is 0. The molecule has 0 aliphatic rings. The topological polar surface area (TPSA) is 108 Å². The first-order valence-corrected chi connectivity index (χ1v) is 6.69. The molecular formula is C15H15NO7. The predicted molar refractivity (Wildman–Crippen MR) is 75.5 cm³/mol. The van der Waals surface area contributed by atoms with E-state index in [2.05, 4.69) is 10.1 Å². The number of amides is 1. The van der Waals surface area contributed by atoms with Gasteiger partial charge in [0, 0.05) is 0 Å². The highest BCUT2D eigenvalue weighted by atomic mass is 16.6. The van der Waals surface area contributed by atoms with Gasteiger partial charge >= 0.3 is 11.9 Å². The van der Waals surface area contributed by atoms with Crippen LogP contribution in [-0.4, -0.2) is 31.0 Å². The van der Waals surface area contributed by atoms with E-state index in [0.717, 1.165) is 0 Å². The van der Waals surface area contributed by atoms with Gasteiger partial charge in [0.05, 0.1) is 13.4 Å². The Balaban J connectivity index is 1.83. The van der Waals surface area contributed by atoms with E-state index in [1.165, 1.54) is 38.5 Å². The van der Waals surface area contributed by atoms with Crippen LogP contribution in [0.15, 0.2) is 39.4 Å². The van der Waals surface area contributed by atoms with Crippen LogP contribution in [0.1, 0.15) is 33.8 Å². The molecule has 23 heavy (non-hydrogen) atoms. The monoisotopic (exact) mass is 321 g/mol. The third-order valence-corrected chi connectivity index (χ3v) is 2.85. The van der Waals surface area contributed by atoms with E-state index in [4.69, 9.17) is 13.6 Å². The lowest BCUT2D eigenvalue weighted by Gasteiger charge is -2.11. The molecule has 0 aromatic carbocycles. The summed E-state index contributed by atoms with van der Waals surface area (Å²) in [4.78, 5) is 34.8. The van der Waals surface area contributed by atoms with Crippen LogP contribution < -0.4 is 5.32 Å². The van der Waals surface area contributed by atoms with Crippen molar-refractivity contribution in [2.75, 3.05) is 7.11 Å². The lowest BCUT2D eigenvalue weighted by Crippen LogP contribution is -2.39. The summed E-state index contributed by atoms with van der Waals surface area (Å²) in [6, 6.07) is 5.07. The number of methoxy groups -OCH3 is 1. The molecule has 0 radical (unpaired) electrons. The second-order valence-electron chi connectivity index (χ2n) is 4.54. The highest BCUT2D eigenvalue weighted by Gasteiger charge is 2.20. The van der Waals surface area contributed by atoms with E-state index < -0.39 is 23.9 Å². The molecule has 0 spiro atoms. The van der Waals surface area contributed by atoms with Gasteiger partial charge < -0.3 is 23.6 Å². The Hall–Kier alpha value is -3.03. The number of hydrogen-bond donors (Lipinski definition) is 1. The molecule has 1 amide bonds. The van der Waals surface area contributed by atoms with Crippen LogP contribution in [0.4, 0.5) is 0 Å². The molecule has 0 saturated carbocycles. The van der Waals surface area contributed by atoms with Gasteiger partial charge in [-0.25, -0.2) is 9.59 Å². The SMILES string of the molecule is COC(=O)c1ccc(COC(=O)[C@@H](C)NC(=O)c2ccco2)o1. The minimum absolute atomic E-state index is 0.0118. The number of nitrogens with one attached hydrogen (secondary N) is 1. The smallest absolute Gasteiger partial charge is 0.373 e. The second-order valence-corrected chi connectivity index (χ2v) is 4.54. The number of esters is 2. The third-order valence-electron chi connectivity index (χ3n) is 2.85. The van der Waals surface area contributed by atoms with Crippen LogP contribution in [0, 0.1) is 0 Å². The van der Waals surface area contributed by atoms with Crippen molar-refractivity contribution in [3.05, 3.63) is 47.8 Å². The van der Waals surface area contributed by atoms with E-state index >= 15 is 0 Å². The zero-order chi connectivity index (χ0) is 16.8. The fraction of sp³-hybridized carbons (Fsp3) is 0.267. The van der Waals surface area contributed by atoms with Gasteiger partial charge in [-0.05, 0) is 31.2 Å². The van der Waals surface area contributed by atoms with Crippen LogP contribution in [0.5, 0.6) is 0 Å². The molecule has 1 atom stereocenters. The molecule has 2 rings (SSSR count). The second kappa shape index (κ2) is 7.30. The summed E-state index contributed by atoms with van der Waals surface area (Å²) in [7, 11) is 1.23. The van der Waals surface area contributed by atoms with Gasteiger partial charge in [0.2, 0.25) is 5.76 Å². The number of carbonyl (C=O) groups is 3. The Bertz CT molecular complexity index is 687. The van der Waals surface area contributed by atoms with E-state index in [0.29, 0.717) is 0 Å². The maximum Gasteiger partial charge on any atom is 0.373 e. The van der Waals surface area contributed by atoms with Gasteiger partial charge in [0.25, 0.3) is 5.91 Å². The molecule has 2 aromatic rings. The molecule has 8 heteroatoms. The summed E-state index contributed by atoms with van der Waals surface area (Å²) in [5.74, 6) is -1.41. The molecule has 0 saturated heterocycles. The molecule has 0 unspecified atom stereocenters. The highest BCUT2D eigenvalue weighted by Crippen LogP contribution is 2.10. The van der Waals surface area contributed by atoms with Gasteiger partial charge in [-0.1, -0.05) is 0 Å². The minimum Gasteiger partial charge on any atom is -0.463 e. The molecule has 0 bridgehead atoms. The average molecular weight is 321 g/mol. The molecule has 0 aliphatic heterocycles. The molecule has 0 fully saturated rings. The van der Waals surface area contributed by atoms with Crippen LogP contribution in [0.25, 0.3) is 0 Å². The predicted octanol–water partition coefficient (Wildman–Crippen LogP) is 1.52. The van der Waals surface area contributed by atoms with Crippen molar-refractivity contribution < 1.29 is 32.7 Å². The summed E-state index contributed by atoms with van der Waals surface area (Å²) in [6.07, 6.45) is 1.35. The van der Waals surface area contributed by atoms with Crippen LogP contribution in [-0.2, 0) is 20.9 Å². The summed E-state index contributed by atoms with van der Waals surface area (Å²) in [5, 5.41) is 2.44. The number of rotatable bonds is 6. The molecule has 2 heterocycles. The van der Waals surface area contributed by atoms with Crippen molar-refractivity contribution in [3.8, 4) is 0 Å². The summed E-state index contributed by atoms with van der Waals surface area (Å²) >= 11 is 0. The Labute approximate surface area is 131 Å². The van der Waals surface area contributed by atoms with Crippen molar-refractivity contribution in [2.24, 2.45) is 0 Å². The Kier molecular flexibility index (Phi) is 5.19. The van der Waals surface area contributed by atoms with Gasteiger partial charge in [-0.3, -0.25) is 4.79 Å². The standard InChI is InChI=1S/C15H15NO7/c1-9(16-13(17)11-4-3-7-21-11)14(18)22-8-10-5-6-12(23-10)15(19)20-2/h3-7,9H,8H2,1-2H3,(H,16,17)/t9-/m1/s1. The van der Waals surface area contributed by atoms with E-state index in [-0.39, 0.29) is 23.9 Å². The average Bonchev–Trinajstić information content (AvgIpc) is 3.22. The van der Waals surface area contributed by atoms with Crippen LogP contribution >= 0.6 is 0 Å². The van der Waals surface area contributed by atoms with Crippen LogP contribution in [0.2, 0.25) is 0 Å². The molecule has 2 aromatic heterocycles. The zero-order valence-electron chi connectivity index (χ0n) is 12.5. The number of carbonyl (C=O) groups excluding carboxylic acids is 3. The lowest BCUT2D eigenvalue weighted by molar-refractivity contribution is -0.147. The molecule has 122 valence electrons. The Morgan fingerprint density at radius 3 is 2.65 bits per heavy atom. The molecular weight excluding hydrogens is 306 g/mol. The molecule has 8 nitrogen and oxygen atoms in total. The van der Waals surface area contributed by atoms with Crippen molar-refractivity contribution in [1.82, 2.24) is 5.32 Å². The van der Waals surface area contributed by atoms with Crippen molar-refractivity contribution >= 4 is 17.8 Å². The lowest BCUT2D eigenvalue weighted by atomic mass is 10.3. The summed E-state index contributed by atoms with van der Waals surface area (Å²) in [6.45, 7) is 1.31. The van der Waals surface area contributed by atoms with Gasteiger partial charge in [0.1, 0.15) is 18.4 Å². The molecule has 0 aliphatic carbocycles. The number of ether oxygens (including phenoxy) is 2. The Morgan fingerprint density at radius 2 is 2.00 bits per heavy atom. The largest absolute Gasteiger partial charge is 0.463 e. The quantitative estimate of drug-likeness (QED) is 0.803. The highest BCUT2D eigenvalue weighted by molar-refractivity contribution is 5.94. The Morgan fingerprint density at radius 1 is 1.22 bits per heavy atom. The summed E-state index contributed by atoms with van der Waals surface area (Å²) < 4.78 is 19.6.